The average molecular weight is 267 g/mol. The SMILES string of the molecule is CNC(CS(C)(=O)=O)c1ccc2c(c1)CCCC2. The molecule has 3 nitrogen and oxygen atoms in total. The molecule has 1 aromatic rings. The summed E-state index contributed by atoms with van der Waals surface area (Å²) in [7, 11) is -1.15. The van der Waals surface area contributed by atoms with Crippen molar-refractivity contribution >= 4 is 9.84 Å². The van der Waals surface area contributed by atoms with Crippen LogP contribution in [0.4, 0.5) is 0 Å². The molecule has 18 heavy (non-hydrogen) atoms. The van der Waals surface area contributed by atoms with Gasteiger partial charge >= 0.3 is 0 Å². The zero-order chi connectivity index (χ0) is 13.2. The Bertz CT molecular complexity index is 523. The first-order valence-electron chi connectivity index (χ1n) is 6.46. The van der Waals surface area contributed by atoms with E-state index < -0.39 is 9.84 Å². The molecule has 0 spiro atoms. The first kappa shape index (κ1) is 13.6. The van der Waals surface area contributed by atoms with Crippen molar-refractivity contribution in [1.29, 1.82) is 0 Å². The molecule has 0 saturated carbocycles. The smallest absolute Gasteiger partial charge is 0.149 e. The van der Waals surface area contributed by atoms with E-state index in [4.69, 9.17) is 0 Å². The van der Waals surface area contributed by atoms with Gasteiger partial charge in [-0.2, -0.15) is 0 Å². The van der Waals surface area contributed by atoms with E-state index in [0.29, 0.717) is 0 Å². The Hall–Kier alpha value is -0.870. The van der Waals surface area contributed by atoms with Crippen molar-refractivity contribution in [2.24, 2.45) is 0 Å². The van der Waals surface area contributed by atoms with Crippen LogP contribution in [0.5, 0.6) is 0 Å². The van der Waals surface area contributed by atoms with E-state index in [0.717, 1.165) is 18.4 Å². The number of hydrogen-bond donors (Lipinski definition) is 1. The van der Waals surface area contributed by atoms with Crippen LogP contribution in [-0.2, 0) is 22.7 Å². The summed E-state index contributed by atoms with van der Waals surface area (Å²) >= 11 is 0. The van der Waals surface area contributed by atoms with E-state index >= 15 is 0 Å². The van der Waals surface area contributed by atoms with Crippen molar-refractivity contribution in [2.45, 2.75) is 31.7 Å². The second-order valence-corrected chi connectivity index (χ2v) is 7.35. The number of fused-ring (bicyclic) bond motifs is 1. The van der Waals surface area contributed by atoms with E-state index in [2.05, 4.69) is 23.5 Å². The van der Waals surface area contributed by atoms with Crippen LogP contribution in [0.2, 0.25) is 0 Å². The standard InChI is InChI=1S/C14H21NO2S/c1-15-14(10-18(2,16)17)13-8-7-11-5-3-4-6-12(11)9-13/h7-9,14-15H,3-6,10H2,1-2H3. The highest BCUT2D eigenvalue weighted by atomic mass is 32.2. The summed E-state index contributed by atoms with van der Waals surface area (Å²) in [5.74, 6) is 0.155. The van der Waals surface area contributed by atoms with Crippen molar-refractivity contribution in [3.05, 3.63) is 34.9 Å². The van der Waals surface area contributed by atoms with Gasteiger partial charge in [0, 0.05) is 12.3 Å². The van der Waals surface area contributed by atoms with Gasteiger partial charge < -0.3 is 5.32 Å². The fourth-order valence-electron chi connectivity index (χ4n) is 2.62. The number of rotatable bonds is 4. The van der Waals surface area contributed by atoms with Gasteiger partial charge in [0.25, 0.3) is 0 Å². The fraction of sp³-hybridized carbons (Fsp3) is 0.571. The summed E-state index contributed by atoms with van der Waals surface area (Å²) in [6, 6.07) is 6.31. The van der Waals surface area contributed by atoms with E-state index in [-0.39, 0.29) is 11.8 Å². The highest BCUT2D eigenvalue weighted by Gasteiger charge is 2.17. The fourth-order valence-corrected chi connectivity index (χ4v) is 3.58. The van der Waals surface area contributed by atoms with Gasteiger partial charge in [-0.1, -0.05) is 18.2 Å². The van der Waals surface area contributed by atoms with Crippen molar-refractivity contribution in [3.8, 4) is 0 Å². The lowest BCUT2D eigenvalue weighted by molar-refractivity contribution is 0.578. The maximum Gasteiger partial charge on any atom is 0.149 e. The molecule has 0 heterocycles. The molecule has 1 aliphatic carbocycles. The Kier molecular flexibility index (Phi) is 4.07. The Morgan fingerprint density at radius 3 is 2.50 bits per heavy atom. The second-order valence-electron chi connectivity index (χ2n) is 5.17. The summed E-state index contributed by atoms with van der Waals surface area (Å²) < 4.78 is 22.8. The number of sulfone groups is 1. The van der Waals surface area contributed by atoms with Crippen molar-refractivity contribution in [1.82, 2.24) is 5.32 Å². The largest absolute Gasteiger partial charge is 0.312 e. The molecule has 0 radical (unpaired) electrons. The topological polar surface area (TPSA) is 46.2 Å². The normalized spacial score (nSPS) is 17.2. The molecule has 0 aromatic heterocycles. The minimum atomic E-state index is -2.97. The molecule has 4 heteroatoms. The molecular weight excluding hydrogens is 246 g/mol. The molecule has 0 saturated heterocycles. The van der Waals surface area contributed by atoms with Gasteiger partial charge in [0.1, 0.15) is 9.84 Å². The molecule has 0 aliphatic heterocycles. The lowest BCUT2D eigenvalue weighted by atomic mass is 9.89. The van der Waals surface area contributed by atoms with Crippen molar-refractivity contribution < 1.29 is 8.42 Å². The van der Waals surface area contributed by atoms with Gasteiger partial charge in [0.05, 0.1) is 5.75 Å². The second kappa shape index (κ2) is 5.41. The summed E-state index contributed by atoms with van der Waals surface area (Å²) in [5, 5.41) is 3.10. The Morgan fingerprint density at radius 1 is 1.22 bits per heavy atom. The van der Waals surface area contributed by atoms with E-state index in [1.54, 1.807) is 0 Å². The highest BCUT2D eigenvalue weighted by molar-refractivity contribution is 7.90. The maximum absolute atomic E-state index is 11.4. The zero-order valence-electron chi connectivity index (χ0n) is 11.1. The predicted octanol–water partition coefficient (Wildman–Crippen LogP) is 1.87. The van der Waals surface area contributed by atoms with Crippen LogP contribution in [-0.4, -0.2) is 27.5 Å². The molecule has 0 amide bonds. The first-order chi connectivity index (χ1) is 8.49. The predicted molar refractivity (Wildman–Crippen MR) is 74.6 cm³/mol. The van der Waals surface area contributed by atoms with E-state index in [9.17, 15) is 8.42 Å². The Morgan fingerprint density at radius 2 is 1.89 bits per heavy atom. The van der Waals surface area contributed by atoms with Gasteiger partial charge in [-0.3, -0.25) is 0 Å². The third kappa shape index (κ3) is 3.33. The molecule has 0 fully saturated rings. The molecule has 0 bridgehead atoms. The van der Waals surface area contributed by atoms with Gasteiger partial charge in [0.2, 0.25) is 0 Å². The van der Waals surface area contributed by atoms with E-state index in [1.807, 2.05) is 7.05 Å². The van der Waals surface area contributed by atoms with E-state index in [1.165, 1.54) is 30.2 Å². The number of hydrogen-bond acceptors (Lipinski definition) is 3. The average Bonchev–Trinajstić information content (AvgIpc) is 2.34. The summed E-state index contributed by atoms with van der Waals surface area (Å²) in [6.07, 6.45) is 6.08. The number of nitrogens with one attached hydrogen (secondary N) is 1. The highest BCUT2D eigenvalue weighted by Crippen LogP contribution is 2.25. The van der Waals surface area contributed by atoms with Crippen LogP contribution in [0, 0.1) is 0 Å². The quantitative estimate of drug-likeness (QED) is 0.906. The first-order valence-corrected chi connectivity index (χ1v) is 8.52. The molecule has 100 valence electrons. The summed E-state index contributed by atoms with van der Waals surface area (Å²) in [4.78, 5) is 0. The van der Waals surface area contributed by atoms with Crippen LogP contribution in [0.3, 0.4) is 0 Å². The lowest BCUT2D eigenvalue weighted by Crippen LogP contribution is -2.25. The van der Waals surface area contributed by atoms with Gasteiger partial charge in [-0.15, -0.1) is 0 Å². The molecular formula is C14H21NO2S. The monoisotopic (exact) mass is 267 g/mol. The molecule has 2 rings (SSSR count). The molecule has 1 atom stereocenters. The zero-order valence-corrected chi connectivity index (χ0v) is 11.9. The number of aryl methyl sites for hydroxylation is 2. The van der Waals surface area contributed by atoms with Gasteiger partial charge in [0.15, 0.2) is 0 Å². The third-order valence-corrected chi connectivity index (χ3v) is 4.53. The summed E-state index contributed by atoms with van der Waals surface area (Å²) in [6.45, 7) is 0. The number of benzene rings is 1. The molecule has 1 aliphatic rings. The summed E-state index contributed by atoms with van der Waals surface area (Å²) in [5.41, 5.74) is 3.91. The van der Waals surface area contributed by atoms with Crippen LogP contribution in [0.25, 0.3) is 0 Å². The van der Waals surface area contributed by atoms with Crippen molar-refractivity contribution in [2.75, 3.05) is 19.1 Å². The minimum absolute atomic E-state index is 0.104. The lowest BCUT2D eigenvalue weighted by Gasteiger charge is -2.20. The van der Waals surface area contributed by atoms with Crippen LogP contribution in [0.15, 0.2) is 18.2 Å². The Labute approximate surface area is 110 Å². The minimum Gasteiger partial charge on any atom is -0.312 e. The van der Waals surface area contributed by atoms with Crippen LogP contribution >= 0.6 is 0 Å². The van der Waals surface area contributed by atoms with Gasteiger partial charge in [-0.05, 0) is 49.4 Å². The van der Waals surface area contributed by atoms with Crippen LogP contribution < -0.4 is 5.32 Å². The molecule has 1 N–H and O–H groups in total. The van der Waals surface area contributed by atoms with Crippen molar-refractivity contribution in [3.63, 3.8) is 0 Å². The maximum atomic E-state index is 11.4. The third-order valence-electron chi connectivity index (χ3n) is 3.59. The molecule has 1 unspecified atom stereocenters. The van der Waals surface area contributed by atoms with Crippen LogP contribution in [0.1, 0.15) is 35.6 Å². The Balaban J connectivity index is 2.26. The molecule has 1 aromatic carbocycles. The van der Waals surface area contributed by atoms with Gasteiger partial charge in [-0.25, -0.2) is 8.42 Å².